The smallest absolute Gasteiger partial charge is 0.163 e. The summed E-state index contributed by atoms with van der Waals surface area (Å²) in [7, 11) is 0. The minimum atomic E-state index is 0.232. The minimum Gasteiger partial charge on any atom is -0.303 e. The van der Waals surface area contributed by atoms with Gasteiger partial charge in [0.25, 0.3) is 0 Å². The van der Waals surface area contributed by atoms with Crippen molar-refractivity contribution in [2.75, 3.05) is 0 Å². The van der Waals surface area contributed by atoms with E-state index < -0.39 is 0 Å². The molecule has 0 radical (unpaired) electrons. The molecule has 0 amide bonds. The van der Waals surface area contributed by atoms with E-state index in [0.29, 0.717) is 12.8 Å². The lowest BCUT2D eigenvalue weighted by Crippen LogP contribution is -1.91. The first kappa shape index (κ1) is 9.84. The third-order valence-corrected chi connectivity index (χ3v) is 2.64. The number of rotatable bonds is 3. The van der Waals surface area contributed by atoms with Crippen LogP contribution < -0.4 is 0 Å². The second-order valence-corrected chi connectivity index (χ2v) is 3.60. The summed E-state index contributed by atoms with van der Waals surface area (Å²) in [5, 5.41) is 0. The van der Waals surface area contributed by atoms with Crippen molar-refractivity contribution in [3.8, 4) is 0 Å². The van der Waals surface area contributed by atoms with E-state index in [0.717, 1.165) is 29.4 Å². The molecule has 0 fully saturated rings. The molecule has 1 aliphatic rings. The van der Waals surface area contributed by atoms with Crippen molar-refractivity contribution in [1.29, 1.82) is 0 Å². The number of fused-ring (bicyclic) bond motifs is 1. The average Bonchev–Trinajstić information content (AvgIpc) is 2.62. The summed E-state index contributed by atoms with van der Waals surface area (Å²) in [6.45, 7) is 0. The SMILES string of the molecule is O=CCC=Cc1cccc2c1CCC2=O. The second-order valence-electron chi connectivity index (χ2n) is 3.60. The molecule has 1 aromatic rings. The van der Waals surface area contributed by atoms with Gasteiger partial charge >= 0.3 is 0 Å². The molecule has 2 nitrogen and oxygen atoms in total. The second kappa shape index (κ2) is 4.22. The zero-order chi connectivity index (χ0) is 10.7. The Balaban J connectivity index is 2.34. The van der Waals surface area contributed by atoms with Gasteiger partial charge in [-0.05, 0) is 17.5 Å². The van der Waals surface area contributed by atoms with Crippen LogP contribution in [0.15, 0.2) is 24.3 Å². The number of Topliss-reactive ketones (excluding diaryl/α,β-unsaturated/α-hetero) is 1. The van der Waals surface area contributed by atoms with Crippen molar-refractivity contribution < 1.29 is 9.59 Å². The number of carbonyl (C=O) groups excluding carboxylic acids is 2. The van der Waals surface area contributed by atoms with Gasteiger partial charge in [-0.3, -0.25) is 4.79 Å². The Morgan fingerprint density at radius 1 is 1.27 bits per heavy atom. The fourth-order valence-corrected chi connectivity index (χ4v) is 1.92. The summed E-state index contributed by atoms with van der Waals surface area (Å²) in [4.78, 5) is 21.6. The molecule has 2 heteroatoms. The van der Waals surface area contributed by atoms with Gasteiger partial charge in [-0.1, -0.05) is 30.4 Å². The van der Waals surface area contributed by atoms with Crippen LogP contribution in [-0.4, -0.2) is 12.1 Å². The standard InChI is InChI=1S/C13H12O2/c14-9-2-1-4-10-5-3-6-12-11(10)7-8-13(12)15/h1,3-6,9H,2,7-8H2. The van der Waals surface area contributed by atoms with Gasteiger partial charge in [0.05, 0.1) is 0 Å². The first-order chi connectivity index (χ1) is 7.33. The molecule has 15 heavy (non-hydrogen) atoms. The highest BCUT2D eigenvalue weighted by Gasteiger charge is 2.20. The highest BCUT2D eigenvalue weighted by atomic mass is 16.1. The Morgan fingerprint density at radius 2 is 2.13 bits per heavy atom. The number of benzene rings is 1. The molecule has 0 saturated heterocycles. The Kier molecular flexibility index (Phi) is 2.77. The Bertz CT molecular complexity index is 430. The number of hydrogen-bond donors (Lipinski definition) is 0. The molecule has 1 aliphatic carbocycles. The summed E-state index contributed by atoms with van der Waals surface area (Å²) in [6, 6.07) is 5.75. The lowest BCUT2D eigenvalue weighted by molar-refractivity contribution is -0.107. The van der Waals surface area contributed by atoms with Gasteiger partial charge in [-0.25, -0.2) is 0 Å². The molecule has 0 bridgehead atoms. The van der Waals surface area contributed by atoms with Crippen LogP contribution in [-0.2, 0) is 11.2 Å². The molecule has 0 aromatic heterocycles. The zero-order valence-electron chi connectivity index (χ0n) is 8.40. The molecular weight excluding hydrogens is 188 g/mol. The number of allylic oxidation sites excluding steroid dienone is 1. The fraction of sp³-hybridized carbons (Fsp3) is 0.231. The van der Waals surface area contributed by atoms with E-state index in [9.17, 15) is 9.59 Å². The quantitative estimate of drug-likeness (QED) is 0.702. The predicted molar refractivity (Wildman–Crippen MR) is 58.8 cm³/mol. The van der Waals surface area contributed by atoms with E-state index in [1.807, 2.05) is 30.4 Å². The molecule has 2 rings (SSSR count). The Hall–Kier alpha value is -1.70. The van der Waals surface area contributed by atoms with E-state index >= 15 is 0 Å². The number of carbonyl (C=O) groups is 2. The molecule has 76 valence electrons. The minimum absolute atomic E-state index is 0.232. The molecule has 0 N–H and O–H groups in total. The Labute approximate surface area is 88.6 Å². The summed E-state index contributed by atoms with van der Waals surface area (Å²) in [5.74, 6) is 0.232. The van der Waals surface area contributed by atoms with Crippen LogP contribution in [0.2, 0.25) is 0 Å². The van der Waals surface area contributed by atoms with Gasteiger partial charge in [0, 0.05) is 18.4 Å². The van der Waals surface area contributed by atoms with Crippen LogP contribution in [0.5, 0.6) is 0 Å². The first-order valence-electron chi connectivity index (χ1n) is 5.08. The van der Waals surface area contributed by atoms with Gasteiger partial charge in [-0.2, -0.15) is 0 Å². The number of hydrogen-bond acceptors (Lipinski definition) is 2. The Morgan fingerprint density at radius 3 is 2.93 bits per heavy atom. The summed E-state index contributed by atoms with van der Waals surface area (Å²) >= 11 is 0. The van der Waals surface area contributed by atoms with Crippen LogP contribution in [0, 0.1) is 0 Å². The largest absolute Gasteiger partial charge is 0.303 e. The van der Waals surface area contributed by atoms with Crippen molar-refractivity contribution in [1.82, 2.24) is 0 Å². The van der Waals surface area contributed by atoms with E-state index in [2.05, 4.69) is 0 Å². The monoisotopic (exact) mass is 200 g/mol. The summed E-state index contributed by atoms with van der Waals surface area (Å²) in [5.41, 5.74) is 3.05. The van der Waals surface area contributed by atoms with Gasteiger partial charge in [0.15, 0.2) is 5.78 Å². The molecular formula is C13H12O2. The fourth-order valence-electron chi connectivity index (χ4n) is 1.92. The third kappa shape index (κ3) is 1.89. The van der Waals surface area contributed by atoms with Crippen LogP contribution >= 0.6 is 0 Å². The summed E-state index contributed by atoms with van der Waals surface area (Å²) in [6.07, 6.45) is 6.49. The van der Waals surface area contributed by atoms with E-state index in [4.69, 9.17) is 0 Å². The molecule has 0 aliphatic heterocycles. The predicted octanol–water partition coefficient (Wildman–Crippen LogP) is 2.42. The van der Waals surface area contributed by atoms with Gasteiger partial charge < -0.3 is 4.79 Å². The van der Waals surface area contributed by atoms with Crippen LogP contribution in [0.4, 0.5) is 0 Å². The van der Waals surface area contributed by atoms with Crippen molar-refractivity contribution in [3.05, 3.63) is 41.0 Å². The van der Waals surface area contributed by atoms with E-state index in [1.54, 1.807) is 0 Å². The zero-order valence-corrected chi connectivity index (χ0v) is 8.40. The van der Waals surface area contributed by atoms with Gasteiger partial charge in [-0.15, -0.1) is 0 Å². The molecule has 0 unspecified atom stereocenters. The maximum absolute atomic E-state index is 11.5. The van der Waals surface area contributed by atoms with Gasteiger partial charge in [0.2, 0.25) is 0 Å². The average molecular weight is 200 g/mol. The molecule has 0 saturated carbocycles. The topological polar surface area (TPSA) is 34.1 Å². The van der Waals surface area contributed by atoms with Crippen molar-refractivity contribution in [2.45, 2.75) is 19.3 Å². The molecule has 0 atom stereocenters. The maximum Gasteiger partial charge on any atom is 0.163 e. The first-order valence-corrected chi connectivity index (χ1v) is 5.08. The lowest BCUT2D eigenvalue weighted by Gasteiger charge is -2.01. The maximum atomic E-state index is 11.5. The highest BCUT2D eigenvalue weighted by molar-refractivity contribution is 6.01. The number of ketones is 1. The number of aldehydes is 1. The molecule has 0 spiro atoms. The van der Waals surface area contributed by atoms with Crippen molar-refractivity contribution >= 4 is 18.1 Å². The lowest BCUT2D eigenvalue weighted by atomic mass is 10.0. The summed E-state index contributed by atoms with van der Waals surface area (Å²) < 4.78 is 0. The third-order valence-electron chi connectivity index (χ3n) is 2.64. The van der Waals surface area contributed by atoms with E-state index in [1.165, 1.54) is 0 Å². The van der Waals surface area contributed by atoms with Crippen molar-refractivity contribution in [2.24, 2.45) is 0 Å². The van der Waals surface area contributed by atoms with Crippen LogP contribution in [0.1, 0.15) is 34.3 Å². The van der Waals surface area contributed by atoms with Gasteiger partial charge in [0.1, 0.15) is 6.29 Å². The normalized spacial score (nSPS) is 14.5. The van der Waals surface area contributed by atoms with Crippen molar-refractivity contribution in [3.63, 3.8) is 0 Å². The van der Waals surface area contributed by atoms with E-state index in [-0.39, 0.29) is 5.78 Å². The van der Waals surface area contributed by atoms with Crippen LogP contribution in [0.25, 0.3) is 6.08 Å². The molecule has 1 aromatic carbocycles. The molecule has 0 heterocycles. The highest BCUT2D eigenvalue weighted by Crippen LogP contribution is 2.26. The van der Waals surface area contributed by atoms with Crippen LogP contribution in [0.3, 0.4) is 0 Å².